The van der Waals surface area contributed by atoms with Gasteiger partial charge in [-0.05, 0) is 19.1 Å². The number of aliphatic hydroxyl groups excluding tert-OH is 1. The molecular weight excluding hydrogens is 244 g/mol. The van der Waals surface area contributed by atoms with Crippen molar-refractivity contribution in [2.45, 2.75) is 19.0 Å². The summed E-state index contributed by atoms with van der Waals surface area (Å²) in [5, 5.41) is 9.50. The van der Waals surface area contributed by atoms with E-state index >= 15 is 0 Å². The molecule has 2 unspecified atom stereocenters. The Morgan fingerprint density at radius 2 is 2.21 bits per heavy atom. The van der Waals surface area contributed by atoms with Gasteiger partial charge in [0.05, 0.1) is 13.7 Å². The van der Waals surface area contributed by atoms with Crippen LogP contribution in [0.5, 0.6) is 5.75 Å². The van der Waals surface area contributed by atoms with Crippen LogP contribution in [0.25, 0.3) is 0 Å². The molecular formula is C14H20N2O3. The molecule has 1 N–H and O–H groups in total. The number of piperazine rings is 1. The molecule has 0 bridgehead atoms. The molecule has 104 valence electrons. The maximum atomic E-state index is 12.2. The van der Waals surface area contributed by atoms with E-state index < -0.39 is 6.04 Å². The van der Waals surface area contributed by atoms with Gasteiger partial charge < -0.3 is 19.6 Å². The lowest BCUT2D eigenvalue weighted by atomic mass is 10.1. The molecule has 1 amide bonds. The van der Waals surface area contributed by atoms with Crippen LogP contribution in [0.4, 0.5) is 5.69 Å². The van der Waals surface area contributed by atoms with Crippen LogP contribution in [-0.4, -0.2) is 55.3 Å². The van der Waals surface area contributed by atoms with Crippen molar-refractivity contribution in [1.29, 1.82) is 0 Å². The summed E-state index contributed by atoms with van der Waals surface area (Å²) in [5.74, 6) is 0.692. The number of hydrogen-bond acceptors (Lipinski definition) is 4. The fraction of sp³-hybridized carbons (Fsp3) is 0.500. The maximum absolute atomic E-state index is 12.2. The van der Waals surface area contributed by atoms with Gasteiger partial charge in [0.25, 0.3) is 0 Å². The van der Waals surface area contributed by atoms with Crippen molar-refractivity contribution in [2.24, 2.45) is 0 Å². The van der Waals surface area contributed by atoms with Crippen molar-refractivity contribution in [1.82, 2.24) is 4.90 Å². The molecule has 5 nitrogen and oxygen atoms in total. The van der Waals surface area contributed by atoms with Crippen LogP contribution >= 0.6 is 0 Å². The number of methoxy groups -OCH3 is 1. The van der Waals surface area contributed by atoms with Crippen LogP contribution in [0.2, 0.25) is 0 Å². The number of rotatable bonds is 3. The van der Waals surface area contributed by atoms with Gasteiger partial charge in [-0.2, -0.15) is 0 Å². The number of hydrogen-bond donors (Lipinski definition) is 1. The van der Waals surface area contributed by atoms with E-state index in [0.717, 1.165) is 11.4 Å². The second-order valence-corrected chi connectivity index (χ2v) is 4.85. The van der Waals surface area contributed by atoms with Gasteiger partial charge in [-0.15, -0.1) is 0 Å². The molecule has 2 rings (SSSR count). The van der Waals surface area contributed by atoms with E-state index in [-0.39, 0.29) is 18.6 Å². The number of carbonyl (C=O) groups is 1. The quantitative estimate of drug-likeness (QED) is 0.874. The van der Waals surface area contributed by atoms with E-state index in [2.05, 4.69) is 0 Å². The number of ether oxygens (including phenoxy) is 1. The highest BCUT2D eigenvalue weighted by Crippen LogP contribution is 2.26. The molecule has 1 aromatic rings. The number of likely N-dealkylation sites (N-methyl/N-ethyl adjacent to an activating group) is 1. The van der Waals surface area contributed by atoms with Crippen molar-refractivity contribution < 1.29 is 14.6 Å². The molecule has 0 aromatic heterocycles. The summed E-state index contributed by atoms with van der Waals surface area (Å²) in [6, 6.07) is 7.15. The lowest BCUT2D eigenvalue weighted by Crippen LogP contribution is -2.61. The number of nitrogens with zero attached hydrogens (tertiary/aromatic N) is 2. The van der Waals surface area contributed by atoms with E-state index in [1.807, 2.05) is 36.1 Å². The normalized spacial score (nSPS) is 23.7. The van der Waals surface area contributed by atoms with Gasteiger partial charge in [0.2, 0.25) is 5.91 Å². The Kier molecular flexibility index (Phi) is 3.95. The van der Waals surface area contributed by atoms with E-state index in [1.165, 1.54) is 0 Å². The van der Waals surface area contributed by atoms with Crippen molar-refractivity contribution in [3.05, 3.63) is 24.3 Å². The monoisotopic (exact) mass is 264 g/mol. The summed E-state index contributed by atoms with van der Waals surface area (Å²) in [6.45, 7) is 2.51. The van der Waals surface area contributed by atoms with Crippen LogP contribution in [0, 0.1) is 0 Å². The minimum Gasteiger partial charge on any atom is -0.497 e. The number of carbonyl (C=O) groups excluding carboxylic acids is 1. The number of amides is 1. The van der Waals surface area contributed by atoms with E-state index in [1.54, 1.807) is 19.1 Å². The first kappa shape index (κ1) is 13.7. The molecule has 0 radical (unpaired) electrons. The standard InChI is InChI=1S/C14H20N2O3/c1-10-8-16(13(9-17)14(18)15(10)2)11-5-4-6-12(7-11)19-3/h4-7,10,13,17H,8-9H2,1-3H3. The number of aliphatic hydroxyl groups is 1. The molecule has 5 heteroatoms. The van der Waals surface area contributed by atoms with Gasteiger partial charge >= 0.3 is 0 Å². The highest BCUT2D eigenvalue weighted by atomic mass is 16.5. The molecule has 2 atom stereocenters. The van der Waals surface area contributed by atoms with Crippen LogP contribution in [0.1, 0.15) is 6.92 Å². The summed E-state index contributed by atoms with van der Waals surface area (Å²) < 4.78 is 5.20. The first-order valence-corrected chi connectivity index (χ1v) is 6.36. The van der Waals surface area contributed by atoms with Gasteiger partial charge in [0, 0.05) is 31.4 Å². The van der Waals surface area contributed by atoms with Crippen molar-refractivity contribution in [3.63, 3.8) is 0 Å². The lowest BCUT2D eigenvalue weighted by molar-refractivity contribution is -0.136. The predicted molar refractivity (Wildman–Crippen MR) is 73.4 cm³/mol. The fourth-order valence-corrected chi connectivity index (χ4v) is 2.37. The van der Waals surface area contributed by atoms with E-state index in [9.17, 15) is 9.90 Å². The third kappa shape index (κ3) is 2.51. The molecule has 0 spiro atoms. The average Bonchev–Trinajstić information content (AvgIpc) is 2.44. The topological polar surface area (TPSA) is 53.0 Å². The molecule has 1 aliphatic rings. The van der Waals surface area contributed by atoms with Crippen molar-refractivity contribution >= 4 is 11.6 Å². The van der Waals surface area contributed by atoms with Gasteiger partial charge in [0.1, 0.15) is 11.8 Å². The summed E-state index contributed by atoms with van der Waals surface area (Å²) >= 11 is 0. The van der Waals surface area contributed by atoms with Crippen LogP contribution in [-0.2, 0) is 4.79 Å². The summed E-state index contributed by atoms with van der Waals surface area (Å²) in [6.07, 6.45) is 0. The molecule has 1 heterocycles. The van der Waals surface area contributed by atoms with Crippen LogP contribution in [0.15, 0.2) is 24.3 Å². The minimum absolute atomic E-state index is 0.0518. The second kappa shape index (κ2) is 5.48. The van der Waals surface area contributed by atoms with Gasteiger partial charge in [0.15, 0.2) is 0 Å². The van der Waals surface area contributed by atoms with Gasteiger partial charge in [-0.1, -0.05) is 6.07 Å². The zero-order chi connectivity index (χ0) is 14.0. The largest absolute Gasteiger partial charge is 0.497 e. The highest BCUT2D eigenvalue weighted by molar-refractivity contribution is 5.87. The zero-order valence-corrected chi connectivity index (χ0v) is 11.5. The Labute approximate surface area is 113 Å². The van der Waals surface area contributed by atoms with Gasteiger partial charge in [-0.25, -0.2) is 0 Å². The third-order valence-corrected chi connectivity index (χ3v) is 3.69. The first-order valence-electron chi connectivity index (χ1n) is 6.36. The van der Waals surface area contributed by atoms with Crippen molar-refractivity contribution in [2.75, 3.05) is 32.2 Å². The summed E-state index contributed by atoms with van der Waals surface area (Å²) in [5.41, 5.74) is 0.895. The van der Waals surface area contributed by atoms with Crippen LogP contribution < -0.4 is 9.64 Å². The smallest absolute Gasteiger partial charge is 0.247 e. The Hall–Kier alpha value is -1.75. The molecule has 1 saturated heterocycles. The van der Waals surface area contributed by atoms with E-state index in [4.69, 9.17) is 4.74 Å². The zero-order valence-electron chi connectivity index (χ0n) is 11.5. The highest BCUT2D eigenvalue weighted by Gasteiger charge is 2.36. The first-order chi connectivity index (χ1) is 9.08. The van der Waals surface area contributed by atoms with Gasteiger partial charge in [-0.3, -0.25) is 4.79 Å². The third-order valence-electron chi connectivity index (χ3n) is 3.69. The van der Waals surface area contributed by atoms with Crippen molar-refractivity contribution in [3.8, 4) is 5.75 Å². The predicted octanol–water partition coefficient (Wildman–Crippen LogP) is 0.723. The number of anilines is 1. The van der Waals surface area contributed by atoms with Crippen LogP contribution in [0.3, 0.4) is 0 Å². The average molecular weight is 264 g/mol. The summed E-state index contributed by atoms with van der Waals surface area (Å²) in [4.78, 5) is 15.8. The Balaban J connectivity index is 2.32. The fourth-order valence-electron chi connectivity index (χ4n) is 2.37. The molecule has 19 heavy (non-hydrogen) atoms. The van der Waals surface area contributed by atoms with E-state index in [0.29, 0.717) is 6.54 Å². The minimum atomic E-state index is -0.520. The molecule has 1 fully saturated rings. The number of benzene rings is 1. The molecule has 1 aromatic carbocycles. The molecule has 1 aliphatic heterocycles. The molecule has 0 aliphatic carbocycles. The maximum Gasteiger partial charge on any atom is 0.247 e. The second-order valence-electron chi connectivity index (χ2n) is 4.85. The Morgan fingerprint density at radius 3 is 2.84 bits per heavy atom. The Morgan fingerprint density at radius 1 is 1.47 bits per heavy atom. The SMILES string of the molecule is COc1cccc(N2CC(C)N(C)C(=O)C2CO)c1. The lowest BCUT2D eigenvalue weighted by Gasteiger charge is -2.43. The molecule has 0 saturated carbocycles. The summed E-state index contributed by atoms with van der Waals surface area (Å²) in [7, 11) is 3.39. The Bertz CT molecular complexity index is 464.